The third-order valence-corrected chi connectivity index (χ3v) is 4.86. The van der Waals surface area contributed by atoms with Gasteiger partial charge in [0, 0.05) is 16.1 Å². The molecular formula is C24H17ClN2O2. The zero-order valence-electron chi connectivity index (χ0n) is 15.7. The van der Waals surface area contributed by atoms with Crippen LogP contribution in [0.4, 0.5) is 0 Å². The number of aromatic nitrogens is 2. The van der Waals surface area contributed by atoms with Crippen molar-refractivity contribution in [3.63, 3.8) is 0 Å². The first-order valence-electron chi connectivity index (χ1n) is 9.11. The molecule has 0 radical (unpaired) electrons. The van der Waals surface area contributed by atoms with Crippen molar-refractivity contribution in [3.05, 3.63) is 107 Å². The van der Waals surface area contributed by atoms with E-state index in [2.05, 4.69) is 5.10 Å². The van der Waals surface area contributed by atoms with Gasteiger partial charge in [0.1, 0.15) is 5.69 Å². The van der Waals surface area contributed by atoms with Gasteiger partial charge in [-0.3, -0.25) is 9.59 Å². The van der Waals surface area contributed by atoms with Gasteiger partial charge in [-0.2, -0.15) is 5.10 Å². The Bertz CT molecular complexity index is 1180. The van der Waals surface area contributed by atoms with Crippen LogP contribution in [0.1, 0.15) is 33.3 Å². The topological polar surface area (TPSA) is 52.0 Å². The lowest BCUT2D eigenvalue weighted by molar-refractivity contribution is 0.0989. The van der Waals surface area contributed by atoms with Crippen LogP contribution in [-0.4, -0.2) is 21.3 Å². The summed E-state index contributed by atoms with van der Waals surface area (Å²) in [5.74, 6) is -0.510. The minimum absolute atomic E-state index is 0.137. The molecule has 0 spiro atoms. The summed E-state index contributed by atoms with van der Waals surface area (Å²) < 4.78 is 1.64. The van der Waals surface area contributed by atoms with Gasteiger partial charge in [-0.15, -0.1) is 0 Å². The minimum atomic E-state index is -0.291. The Morgan fingerprint density at radius 1 is 0.828 bits per heavy atom. The number of hydrogen-bond donors (Lipinski definition) is 0. The Labute approximate surface area is 173 Å². The zero-order chi connectivity index (χ0) is 20.4. The second-order valence-corrected chi connectivity index (χ2v) is 7.01. The molecule has 0 saturated heterocycles. The summed E-state index contributed by atoms with van der Waals surface area (Å²) in [4.78, 5) is 25.9. The lowest BCUT2D eigenvalue weighted by atomic mass is 9.98. The first-order chi connectivity index (χ1) is 14.1. The predicted octanol–water partition coefficient (Wildman–Crippen LogP) is 5.63. The third-order valence-electron chi connectivity index (χ3n) is 4.61. The fraction of sp³-hybridized carbons (Fsp3) is 0.0417. The van der Waals surface area contributed by atoms with Crippen molar-refractivity contribution in [2.45, 2.75) is 6.92 Å². The molecule has 4 aromatic rings. The highest BCUT2D eigenvalue weighted by Gasteiger charge is 2.28. The number of carbonyl (C=O) groups is 2. The lowest BCUT2D eigenvalue weighted by Gasteiger charge is -2.09. The summed E-state index contributed by atoms with van der Waals surface area (Å²) in [5, 5.41) is 5.18. The number of ketones is 2. The van der Waals surface area contributed by atoms with Crippen molar-refractivity contribution >= 4 is 23.2 Å². The Morgan fingerprint density at radius 2 is 1.41 bits per heavy atom. The standard InChI is InChI=1S/C24H17ClN2O2/c1-16(28)21-22(24(29)18-10-6-3-7-11-18)26-27(20-14-12-19(25)13-15-20)23(21)17-8-4-2-5-9-17/h2-15H,1H3. The number of Topliss-reactive ketones (excluding diaryl/α,β-unsaturated/α-hetero) is 1. The van der Waals surface area contributed by atoms with Crippen molar-refractivity contribution in [1.29, 1.82) is 0 Å². The molecule has 0 saturated carbocycles. The number of halogens is 1. The van der Waals surface area contributed by atoms with Crippen LogP contribution in [0.2, 0.25) is 5.02 Å². The van der Waals surface area contributed by atoms with Crippen molar-refractivity contribution < 1.29 is 9.59 Å². The summed E-state index contributed by atoms with van der Waals surface area (Å²) in [6.07, 6.45) is 0. The quantitative estimate of drug-likeness (QED) is 0.408. The van der Waals surface area contributed by atoms with E-state index in [1.54, 1.807) is 41.1 Å². The highest BCUT2D eigenvalue weighted by Crippen LogP contribution is 2.31. The molecule has 4 rings (SSSR count). The van der Waals surface area contributed by atoms with Crippen LogP contribution in [0.15, 0.2) is 84.9 Å². The van der Waals surface area contributed by atoms with Crippen LogP contribution in [0.25, 0.3) is 16.9 Å². The molecule has 0 bridgehead atoms. The smallest absolute Gasteiger partial charge is 0.214 e. The highest BCUT2D eigenvalue weighted by molar-refractivity contribution is 6.30. The predicted molar refractivity (Wildman–Crippen MR) is 114 cm³/mol. The van der Waals surface area contributed by atoms with Crippen LogP contribution in [0.3, 0.4) is 0 Å². The average Bonchev–Trinajstić information content (AvgIpc) is 3.16. The fourth-order valence-electron chi connectivity index (χ4n) is 3.27. The fourth-order valence-corrected chi connectivity index (χ4v) is 3.39. The van der Waals surface area contributed by atoms with E-state index >= 15 is 0 Å². The van der Waals surface area contributed by atoms with Gasteiger partial charge in [0.15, 0.2) is 5.78 Å². The second-order valence-electron chi connectivity index (χ2n) is 6.58. The van der Waals surface area contributed by atoms with Gasteiger partial charge >= 0.3 is 0 Å². The molecule has 0 unspecified atom stereocenters. The first kappa shape index (κ1) is 18.8. The van der Waals surface area contributed by atoms with Crippen LogP contribution in [0.5, 0.6) is 0 Å². The van der Waals surface area contributed by atoms with Gasteiger partial charge in [0.2, 0.25) is 5.78 Å². The molecule has 0 aliphatic carbocycles. The molecule has 0 fully saturated rings. The van der Waals surface area contributed by atoms with E-state index in [-0.39, 0.29) is 17.3 Å². The summed E-state index contributed by atoms with van der Waals surface area (Å²) >= 11 is 6.04. The molecule has 29 heavy (non-hydrogen) atoms. The summed E-state index contributed by atoms with van der Waals surface area (Å²) in [6.45, 7) is 1.46. The summed E-state index contributed by atoms with van der Waals surface area (Å²) in [6, 6.07) is 25.4. The van der Waals surface area contributed by atoms with Gasteiger partial charge in [0.05, 0.1) is 16.9 Å². The Balaban J connectivity index is 2.01. The molecule has 0 N–H and O–H groups in total. The maximum atomic E-state index is 13.2. The molecule has 3 aromatic carbocycles. The highest BCUT2D eigenvalue weighted by atomic mass is 35.5. The molecule has 0 atom stereocenters. The molecule has 142 valence electrons. The van der Waals surface area contributed by atoms with E-state index in [9.17, 15) is 9.59 Å². The zero-order valence-corrected chi connectivity index (χ0v) is 16.4. The van der Waals surface area contributed by atoms with Crippen molar-refractivity contribution in [1.82, 2.24) is 9.78 Å². The van der Waals surface area contributed by atoms with Crippen LogP contribution in [-0.2, 0) is 0 Å². The Morgan fingerprint density at radius 3 is 2.00 bits per heavy atom. The number of benzene rings is 3. The maximum Gasteiger partial charge on any atom is 0.214 e. The minimum Gasteiger partial charge on any atom is -0.294 e. The van der Waals surface area contributed by atoms with Crippen LogP contribution in [0, 0.1) is 0 Å². The number of nitrogens with zero attached hydrogens (tertiary/aromatic N) is 2. The molecule has 1 heterocycles. The normalized spacial score (nSPS) is 10.7. The van der Waals surface area contributed by atoms with E-state index in [4.69, 9.17) is 11.6 Å². The van der Waals surface area contributed by atoms with Gasteiger partial charge in [-0.25, -0.2) is 4.68 Å². The van der Waals surface area contributed by atoms with Gasteiger partial charge in [-0.05, 0) is 31.2 Å². The SMILES string of the molecule is CC(=O)c1c(C(=O)c2ccccc2)nn(-c2ccc(Cl)cc2)c1-c1ccccc1. The largest absolute Gasteiger partial charge is 0.294 e. The number of hydrogen-bond acceptors (Lipinski definition) is 3. The molecule has 1 aromatic heterocycles. The molecule has 0 aliphatic heterocycles. The van der Waals surface area contributed by atoms with Crippen LogP contribution < -0.4 is 0 Å². The Hall–Kier alpha value is -3.50. The molecule has 0 aliphatic rings. The van der Waals surface area contributed by atoms with Crippen molar-refractivity contribution in [2.75, 3.05) is 0 Å². The lowest BCUT2D eigenvalue weighted by Crippen LogP contribution is -2.08. The van der Waals surface area contributed by atoms with E-state index in [0.29, 0.717) is 27.5 Å². The third kappa shape index (κ3) is 3.62. The Kier molecular flexibility index (Phi) is 5.10. The molecule has 0 amide bonds. The monoisotopic (exact) mass is 400 g/mol. The van der Waals surface area contributed by atoms with E-state index in [1.807, 2.05) is 48.5 Å². The van der Waals surface area contributed by atoms with Gasteiger partial charge in [0.25, 0.3) is 0 Å². The van der Waals surface area contributed by atoms with Crippen molar-refractivity contribution in [2.24, 2.45) is 0 Å². The first-order valence-corrected chi connectivity index (χ1v) is 9.49. The molecule has 5 heteroatoms. The van der Waals surface area contributed by atoms with Gasteiger partial charge in [-0.1, -0.05) is 72.3 Å². The second kappa shape index (κ2) is 7.86. The van der Waals surface area contributed by atoms with E-state index in [0.717, 1.165) is 5.56 Å². The van der Waals surface area contributed by atoms with E-state index in [1.165, 1.54) is 6.92 Å². The average molecular weight is 401 g/mol. The summed E-state index contributed by atoms with van der Waals surface area (Å²) in [5.41, 5.74) is 3.02. The maximum absolute atomic E-state index is 13.2. The van der Waals surface area contributed by atoms with E-state index < -0.39 is 0 Å². The summed E-state index contributed by atoms with van der Waals surface area (Å²) in [7, 11) is 0. The molecular weight excluding hydrogens is 384 g/mol. The number of rotatable bonds is 5. The van der Waals surface area contributed by atoms with Gasteiger partial charge < -0.3 is 0 Å². The number of carbonyl (C=O) groups excluding carboxylic acids is 2. The molecule has 4 nitrogen and oxygen atoms in total. The van der Waals surface area contributed by atoms with Crippen LogP contribution >= 0.6 is 11.6 Å². The van der Waals surface area contributed by atoms with Crippen molar-refractivity contribution in [3.8, 4) is 16.9 Å².